The number of hydrogen-bond acceptors (Lipinski definition) is 6. The van der Waals surface area contributed by atoms with Gasteiger partial charge in [0.1, 0.15) is 0 Å². The Balaban J connectivity index is 1.82. The summed E-state index contributed by atoms with van der Waals surface area (Å²) < 4.78 is 12.8. The number of nitrogens with zero attached hydrogens (tertiary/aromatic N) is 3. The number of ether oxygens (including phenoxy) is 2. The van der Waals surface area contributed by atoms with Crippen LogP contribution in [0.2, 0.25) is 0 Å². The van der Waals surface area contributed by atoms with Gasteiger partial charge in [-0.25, -0.2) is 9.78 Å². The van der Waals surface area contributed by atoms with E-state index < -0.39 is 12.6 Å². The van der Waals surface area contributed by atoms with Crippen LogP contribution < -0.4 is 15.0 Å². The predicted octanol–water partition coefficient (Wildman–Crippen LogP) is 4.57. The molecule has 0 spiro atoms. The molecule has 0 aliphatic heterocycles. The lowest BCUT2D eigenvalue weighted by molar-refractivity contribution is -0.139. The van der Waals surface area contributed by atoms with E-state index in [0.717, 1.165) is 5.56 Å². The number of aliphatic carboxylic acids is 1. The van der Waals surface area contributed by atoms with E-state index >= 15 is 0 Å². The Labute approximate surface area is 203 Å². The average Bonchev–Trinajstić information content (AvgIpc) is 2.84. The number of para-hydroxylation sites is 1. The maximum atomic E-state index is 13.3. The minimum Gasteiger partial charge on any atom is -0.490 e. The van der Waals surface area contributed by atoms with Crippen molar-refractivity contribution in [2.75, 3.05) is 13.2 Å². The Kier molecular flexibility index (Phi) is 7.03. The number of fused-ring (bicyclic) bond motifs is 1. The fourth-order valence-corrected chi connectivity index (χ4v) is 3.72. The molecule has 0 saturated heterocycles. The number of halogens is 1. The lowest BCUT2D eigenvalue weighted by Gasteiger charge is -2.13. The highest BCUT2D eigenvalue weighted by atomic mass is 79.9. The fraction of sp³-hybridized carbons (Fsp3) is 0.120. The van der Waals surface area contributed by atoms with E-state index in [1.54, 1.807) is 30.3 Å². The van der Waals surface area contributed by atoms with Gasteiger partial charge < -0.3 is 14.6 Å². The Hall–Kier alpha value is -3.98. The van der Waals surface area contributed by atoms with E-state index in [-0.39, 0.29) is 11.3 Å². The Morgan fingerprint density at radius 3 is 2.53 bits per heavy atom. The maximum Gasteiger partial charge on any atom is 0.341 e. The Morgan fingerprint density at radius 2 is 1.79 bits per heavy atom. The van der Waals surface area contributed by atoms with Crippen molar-refractivity contribution in [2.45, 2.75) is 6.92 Å². The summed E-state index contributed by atoms with van der Waals surface area (Å²) in [5, 5.41) is 13.8. The number of carbonyl (C=O) groups is 1. The molecule has 3 aromatic carbocycles. The molecule has 9 heteroatoms. The third-order valence-electron chi connectivity index (χ3n) is 4.81. The second-order valence-corrected chi connectivity index (χ2v) is 7.97. The van der Waals surface area contributed by atoms with E-state index in [9.17, 15) is 9.59 Å². The molecule has 0 bridgehead atoms. The molecule has 4 aromatic rings. The lowest BCUT2D eigenvalue weighted by atomic mass is 10.2. The van der Waals surface area contributed by atoms with E-state index in [1.807, 2.05) is 43.3 Å². The molecule has 0 aliphatic rings. The van der Waals surface area contributed by atoms with Crippen LogP contribution in [-0.2, 0) is 4.79 Å². The zero-order valence-corrected chi connectivity index (χ0v) is 19.7. The number of carboxylic acid groups (broad SMARTS) is 1. The van der Waals surface area contributed by atoms with E-state index in [0.29, 0.717) is 39.1 Å². The molecule has 0 aliphatic carbocycles. The quantitative estimate of drug-likeness (QED) is 0.340. The van der Waals surface area contributed by atoms with Crippen LogP contribution in [0, 0.1) is 0 Å². The van der Waals surface area contributed by atoms with Gasteiger partial charge in [-0.1, -0.05) is 42.5 Å². The van der Waals surface area contributed by atoms with E-state index in [1.165, 1.54) is 10.9 Å². The standard InChI is InChI=1S/C25H20BrN3O5/c1-2-33-21-12-17(19(26)13-22(21)34-15-23(30)31)14-27-29-24(16-8-4-3-5-9-16)28-20-11-7-6-10-18(20)25(29)32/h3-14H,2,15H2,1H3,(H,30,31). The van der Waals surface area contributed by atoms with Crippen LogP contribution >= 0.6 is 15.9 Å². The molecule has 8 nitrogen and oxygen atoms in total. The fourth-order valence-electron chi connectivity index (χ4n) is 3.30. The first-order valence-electron chi connectivity index (χ1n) is 10.4. The largest absolute Gasteiger partial charge is 0.490 e. The zero-order valence-electron chi connectivity index (χ0n) is 18.1. The highest BCUT2D eigenvalue weighted by molar-refractivity contribution is 9.10. The van der Waals surface area contributed by atoms with Gasteiger partial charge in [0.05, 0.1) is 23.7 Å². The highest BCUT2D eigenvalue weighted by Crippen LogP contribution is 2.33. The first-order valence-corrected chi connectivity index (χ1v) is 11.2. The highest BCUT2D eigenvalue weighted by Gasteiger charge is 2.14. The summed E-state index contributed by atoms with van der Waals surface area (Å²) >= 11 is 3.46. The molecule has 1 aromatic heterocycles. The van der Waals surface area contributed by atoms with Crippen LogP contribution in [0.25, 0.3) is 22.3 Å². The normalized spacial score (nSPS) is 11.1. The summed E-state index contributed by atoms with van der Waals surface area (Å²) in [7, 11) is 0. The lowest BCUT2D eigenvalue weighted by Crippen LogP contribution is -2.20. The van der Waals surface area contributed by atoms with Gasteiger partial charge >= 0.3 is 5.97 Å². The first-order chi connectivity index (χ1) is 16.5. The molecular formula is C25H20BrN3O5. The van der Waals surface area contributed by atoms with Crippen molar-refractivity contribution >= 4 is 39.0 Å². The van der Waals surface area contributed by atoms with Crippen molar-refractivity contribution < 1.29 is 19.4 Å². The Morgan fingerprint density at radius 1 is 1.09 bits per heavy atom. The summed E-state index contributed by atoms with van der Waals surface area (Å²) in [5.74, 6) is -0.0487. The number of benzene rings is 3. The molecule has 0 fully saturated rings. The summed E-state index contributed by atoms with van der Waals surface area (Å²) in [6.45, 7) is 1.66. The number of rotatable bonds is 8. The van der Waals surface area contributed by atoms with E-state index in [2.05, 4.69) is 26.0 Å². The number of aromatic nitrogens is 2. The van der Waals surface area contributed by atoms with Crippen molar-refractivity contribution in [2.24, 2.45) is 5.10 Å². The maximum absolute atomic E-state index is 13.3. The Bertz CT molecular complexity index is 1430. The third kappa shape index (κ3) is 4.99. The van der Waals surface area contributed by atoms with Crippen LogP contribution in [0.3, 0.4) is 0 Å². The topological polar surface area (TPSA) is 103 Å². The monoisotopic (exact) mass is 521 g/mol. The van der Waals surface area contributed by atoms with Crippen molar-refractivity contribution in [3.8, 4) is 22.9 Å². The van der Waals surface area contributed by atoms with Gasteiger partial charge in [0, 0.05) is 15.6 Å². The van der Waals surface area contributed by atoms with Crippen LogP contribution in [0.5, 0.6) is 11.5 Å². The van der Waals surface area contributed by atoms with Crippen LogP contribution in [0.4, 0.5) is 0 Å². The van der Waals surface area contributed by atoms with Crippen molar-refractivity contribution in [3.63, 3.8) is 0 Å². The van der Waals surface area contributed by atoms with Crippen molar-refractivity contribution in [3.05, 3.63) is 87.1 Å². The van der Waals surface area contributed by atoms with Gasteiger partial charge in [0.25, 0.3) is 5.56 Å². The average molecular weight is 522 g/mol. The second kappa shape index (κ2) is 10.3. The predicted molar refractivity (Wildman–Crippen MR) is 133 cm³/mol. The van der Waals surface area contributed by atoms with Gasteiger partial charge in [0.15, 0.2) is 23.9 Å². The number of carboxylic acids is 1. The van der Waals surface area contributed by atoms with Crippen LogP contribution in [0.1, 0.15) is 12.5 Å². The van der Waals surface area contributed by atoms with E-state index in [4.69, 9.17) is 14.6 Å². The first kappa shape index (κ1) is 23.2. The second-order valence-electron chi connectivity index (χ2n) is 7.12. The molecule has 0 atom stereocenters. The minimum atomic E-state index is -1.10. The summed E-state index contributed by atoms with van der Waals surface area (Å²) in [6.07, 6.45) is 1.51. The van der Waals surface area contributed by atoms with Gasteiger partial charge in [-0.2, -0.15) is 9.78 Å². The molecular weight excluding hydrogens is 502 g/mol. The molecule has 0 unspecified atom stereocenters. The molecule has 0 radical (unpaired) electrons. The van der Waals surface area contributed by atoms with Gasteiger partial charge in [-0.05, 0) is 47.1 Å². The zero-order chi connectivity index (χ0) is 24.1. The molecule has 34 heavy (non-hydrogen) atoms. The summed E-state index contributed by atoms with van der Waals surface area (Å²) in [4.78, 5) is 28.9. The van der Waals surface area contributed by atoms with Crippen molar-refractivity contribution in [1.82, 2.24) is 9.66 Å². The molecule has 172 valence electrons. The van der Waals surface area contributed by atoms with Gasteiger partial charge in [-0.3, -0.25) is 4.79 Å². The third-order valence-corrected chi connectivity index (χ3v) is 5.50. The van der Waals surface area contributed by atoms with Gasteiger partial charge in [0.2, 0.25) is 0 Å². The molecule has 0 saturated carbocycles. The molecule has 1 heterocycles. The summed E-state index contributed by atoms with van der Waals surface area (Å²) in [6, 6.07) is 19.7. The smallest absolute Gasteiger partial charge is 0.341 e. The minimum absolute atomic E-state index is 0.280. The SMILES string of the molecule is CCOc1cc(C=Nn2c(-c3ccccc3)nc3ccccc3c2=O)c(Br)cc1OCC(=O)O. The van der Waals surface area contributed by atoms with Gasteiger partial charge in [-0.15, -0.1) is 0 Å². The number of hydrogen-bond donors (Lipinski definition) is 1. The van der Waals surface area contributed by atoms with Crippen molar-refractivity contribution in [1.29, 1.82) is 0 Å². The van der Waals surface area contributed by atoms with Crippen LogP contribution in [-0.4, -0.2) is 40.2 Å². The van der Waals surface area contributed by atoms with Crippen LogP contribution in [0.15, 0.2) is 81.1 Å². The summed E-state index contributed by atoms with van der Waals surface area (Å²) in [5.41, 5.74) is 1.63. The molecule has 4 rings (SSSR count). The molecule has 0 amide bonds. The molecule has 1 N–H and O–H groups in total.